The van der Waals surface area contributed by atoms with Gasteiger partial charge in [0.25, 0.3) is 5.91 Å². The Hall–Kier alpha value is -2.57. The Morgan fingerprint density at radius 2 is 2.05 bits per heavy atom. The zero-order valence-corrected chi connectivity index (χ0v) is 9.48. The first-order chi connectivity index (χ1) is 8.99. The van der Waals surface area contributed by atoms with E-state index in [0.717, 1.165) is 6.07 Å². The molecule has 5 nitrogen and oxygen atoms in total. The Labute approximate surface area is 105 Å². The van der Waals surface area contributed by atoms with E-state index in [4.69, 9.17) is 5.11 Å². The molecule has 0 aliphatic carbocycles. The fourth-order valence-electron chi connectivity index (χ4n) is 1.64. The van der Waals surface area contributed by atoms with Crippen molar-refractivity contribution < 1.29 is 23.5 Å². The van der Waals surface area contributed by atoms with Gasteiger partial charge in [-0.2, -0.15) is 0 Å². The molecule has 0 saturated carbocycles. The summed E-state index contributed by atoms with van der Waals surface area (Å²) in [6.45, 7) is -0.611. The van der Waals surface area contributed by atoms with Gasteiger partial charge >= 0.3 is 5.97 Å². The molecule has 0 fully saturated rings. The van der Waals surface area contributed by atoms with E-state index in [9.17, 15) is 18.4 Å². The van der Waals surface area contributed by atoms with Crippen molar-refractivity contribution in [2.45, 2.75) is 0 Å². The van der Waals surface area contributed by atoms with Crippen LogP contribution in [0, 0.1) is 11.6 Å². The van der Waals surface area contributed by atoms with E-state index >= 15 is 0 Å². The number of benzene rings is 1. The Bertz CT molecular complexity index is 673. The van der Waals surface area contributed by atoms with Crippen LogP contribution in [0.15, 0.2) is 24.4 Å². The lowest BCUT2D eigenvalue weighted by Gasteiger charge is -2.06. The number of carbonyl (C=O) groups is 2. The van der Waals surface area contributed by atoms with Crippen molar-refractivity contribution >= 4 is 22.6 Å². The van der Waals surface area contributed by atoms with Crippen LogP contribution in [-0.2, 0) is 4.79 Å². The minimum Gasteiger partial charge on any atom is -0.480 e. The number of aromatic nitrogens is 1. The number of nitrogens with zero attached hydrogens (tertiary/aromatic N) is 1. The number of hydrogen-bond donors (Lipinski definition) is 2. The summed E-state index contributed by atoms with van der Waals surface area (Å²) in [4.78, 5) is 25.8. The molecule has 7 heteroatoms. The number of halogens is 2. The zero-order chi connectivity index (χ0) is 14.0. The molecule has 1 heterocycles. The number of aliphatic carboxylic acids is 1. The Morgan fingerprint density at radius 1 is 1.32 bits per heavy atom. The molecule has 0 aliphatic rings. The van der Waals surface area contributed by atoms with Crippen LogP contribution < -0.4 is 5.32 Å². The molecule has 0 radical (unpaired) electrons. The molecule has 98 valence electrons. The highest BCUT2D eigenvalue weighted by molar-refractivity contribution is 6.06. The zero-order valence-electron chi connectivity index (χ0n) is 9.48. The van der Waals surface area contributed by atoms with Gasteiger partial charge in [0.1, 0.15) is 23.9 Å². The lowest BCUT2D eigenvalue weighted by atomic mass is 10.1. The number of fused-ring (bicyclic) bond motifs is 1. The van der Waals surface area contributed by atoms with Gasteiger partial charge in [0.05, 0.1) is 0 Å². The van der Waals surface area contributed by atoms with Crippen LogP contribution in [0.3, 0.4) is 0 Å². The number of carboxylic acids is 1. The van der Waals surface area contributed by atoms with Crippen molar-refractivity contribution in [1.29, 1.82) is 0 Å². The lowest BCUT2D eigenvalue weighted by molar-refractivity contribution is -0.135. The highest BCUT2D eigenvalue weighted by Gasteiger charge is 2.16. The van der Waals surface area contributed by atoms with Gasteiger partial charge < -0.3 is 10.4 Å². The van der Waals surface area contributed by atoms with E-state index in [-0.39, 0.29) is 16.5 Å². The van der Waals surface area contributed by atoms with Gasteiger partial charge in [0.15, 0.2) is 0 Å². The van der Waals surface area contributed by atoms with E-state index in [0.29, 0.717) is 6.07 Å². The van der Waals surface area contributed by atoms with E-state index < -0.39 is 30.1 Å². The van der Waals surface area contributed by atoms with Gasteiger partial charge in [0.2, 0.25) is 0 Å². The van der Waals surface area contributed by atoms with Crippen LogP contribution in [0.5, 0.6) is 0 Å². The maximum atomic E-state index is 13.7. The second-order valence-corrected chi connectivity index (χ2v) is 3.72. The number of pyridine rings is 1. The summed E-state index contributed by atoms with van der Waals surface area (Å²) in [7, 11) is 0. The highest BCUT2D eigenvalue weighted by atomic mass is 19.1. The molecule has 0 bridgehead atoms. The molecule has 19 heavy (non-hydrogen) atoms. The van der Waals surface area contributed by atoms with Gasteiger partial charge in [-0.15, -0.1) is 0 Å². The summed E-state index contributed by atoms with van der Waals surface area (Å²) in [6, 6.07) is 3.06. The standard InChI is InChI=1S/C12H8F2N2O3/c13-7-3-6-1-2-15-11(10(6)8(14)4-7)12(19)16-5-9(17)18/h1-4H,5H2,(H,16,19)(H,17,18). The predicted octanol–water partition coefficient (Wildman–Crippen LogP) is 1.33. The largest absolute Gasteiger partial charge is 0.480 e. The van der Waals surface area contributed by atoms with E-state index in [1.807, 2.05) is 0 Å². The van der Waals surface area contributed by atoms with Gasteiger partial charge in [0, 0.05) is 17.6 Å². The average molecular weight is 266 g/mol. The van der Waals surface area contributed by atoms with Gasteiger partial charge in [-0.05, 0) is 17.5 Å². The number of hydrogen-bond acceptors (Lipinski definition) is 3. The molecule has 1 aromatic carbocycles. The average Bonchev–Trinajstić information content (AvgIpc) is 2.34. The smallest absolute Gasteiger partial charge is 0.322 e. The van der Waals surface area contributed by atoms with Crippen LogP contribution in [0.2, 0.25) is 0 Å². The number of carbonyl (C=O) groups excluding carboxylic acids is 1. The molecule has 1 aromatic heterocycles. The maximum absolute atomic E-state index is 13.7. The molecule has 0 aliphatic heterocycles. The topological polar surface area (TPSA) is 79.3 Å². The van der Waals surface area contributed by atoms with E-state index in [1.165, 1.54) is 12.3 Å². The SMILES string of the molecule is O=C(O)CNC(=O)c1nccc2cc(F)cc(F)c12. The second kappa shape index (κ2) is 4.97. The van der Waals surface area contributed by atoms with Gasteiger partial charge in [-0.1, -0.05) is 0 Å². The van der Waals surface area contributed by atoms with E-state index in [1.54, 1.807) is 0 Å². The summed E-state index contributed by atoms with van der Waals surface area (Å²) in [5.41, 5.74) is -0.281. The van der Waals surface area contributed by atoms with Crippen LogP contribution in [0.25, 0.3) is 10.8 Å². The molecule has 1 amide bonds. The summed E-state index contributed by atoms with van der Waals surface area (Å²) in [5, 5.41) is 10.6. The fourth-order valence-corrected chi connectivity index (χ4v) is 1.64. The molecule has 0 spiro atoms. The number of rotatable bonds is 3. The van der Waals surface area contributed by atoms with Gasteiger partial charge in [-0.25, -0.2) is 8.78 Å². The molecule has 0 atom stereocenters. The fraction of sp³-hybridized carbons (Fsp3) is 0.0833. The summed E-state index contributed by atoms with van der Waals surface area (Å²) < 4.78 is 26.7. The van der Waals surface area contributed by atoms with Crippen molar-refractivity contribution in [1.82, 2.24) is 10.3 Å². The first-order valence-electron chi connectivity index (χ1n) is 5.23. The second-order valence-electron chi connectivity index (χ2n) is 3.72. The Kier molecular flexibility index (Phi) is 3.37. The number of amides is 1. The van der Waals surface area contributed by atoms with Crippen LogP contribution in [-0.4, -0.2) is 28.5 Å². The van der Waals surface area contributed by atoms with Crippen molar-refractivity contribution in [2.75, 3.05) is 6.54 Å². The molecular formula is C12H8F2N2O3. The quantitative estimate of drug-likeness (QED) is 0.878. The number of nitrogens with one attached hydrogen (secondary N) is 1. The monoisotopic (exact) mass is 266 g/mol. The highest BCUT2D eigenvalue weighted by Crippen LogP contribution is 2.21. The third-order valence-electron chi connectivity index (χ3n) is 2.40. The van der Waals surface area contributed by atoms with Crippen LogP contribution in [0.1, 0.15) is 10.5 Å². The first-order valence-corrected chi connectivity index (χ1v) is 5.23. The van der Waals surface area contributed by atoms with Crippen LogP contribution >= 0.6 is 0 Å². The Balaban J connectivity index is 2.49. The minimum atomic E-state index is -1.24. The van der Waals surface area contributed by atoms with Crippen LogP contribution in [0.4, 0.5) is 8.78 Å². The molecular weight excluding hydrogens is 258 g/mol. The van der Waals surface area contributed by atoms with Crippen molar-refractivity contribution in [2.24, 2.45) is 0 Å². The van der Waals surface area contributed by atoms with Crippen molar-refractivity contribution in [3.05, 3.63) is 41.7 Å². The molecule has 2 aromatic rings. The summed E-state index contributed by atoms with van der Waals surface area (Å²) in [5.74, 6) is -3.77. The van der Waals surface area contributed by atoms with Crippen molar-refractivity contribution in [3.63, 3.8) is 0 Å². The molecule has 2 rings (SSSR count). The first kappa shape index (κ1) is 12.9. The summed E-state index contributed by atoms with van der Waals surface area (Å²) in [6.07, 6.45) is 1.22. The Morgan fingerprint density at radius 3 is 2.74 bits per heavy atom. The molecule has 0 saturated heterocycles. The number of carboxylic acid groups (broad SMARTS) is 1. The maximum Gasteiger partial charge on any atom is 0.322 e. The lowest BCUT2D eigenvalue weighted by Crippen LogP contribution is -2.30. The minimum absolute atomic E-state index is 0.146. The van der Waals surface area contributed by atoms with Gasteiger partial charge in [-0.3, -0.25) is 14.6 Å². The molecule has 2 N–H and O–H groups in total. The predicted molar refractivity (Wildman–Crippen MR) is 61.6 cm³/mol. The third-order valence-corrected chi connectivity index (χ3v) is 2.40. The third kappa shape index (κ3) is 2.65. The summed E-state index contributed by atoms with van der Waals surface area (Å²) >= 11 is 0. The van der Waals surface area contributed by atoms with E-state index in [2.05, 4.69) is 10.3 Å². The van der Waals surface area contributed by atoms with Crippen molar-refractivity contribution in [3.8, 4) is 0 Å². The molecule has 0 unspecified atom stereocenters. The normalized spacial score (nSPS) is 10.4.